The molecule has 1 aliphatic rings. The van der Waals surface area contributed by atoms with Gasteiger partial charge in [0.15, 0.2) is 0 Å². The average Bonchev–Trinajstić information content (AvgIpc) is 2.65. The zero-order chi connectivity index (χ0) is 10.2. The van der Waals surface area contributed by atoms with Gasteiger partial charge in [0.1, 0.15) is 0 Å². The van der Waals surface area contributed by atoms with Crippen molar-refractivity contribution in [3.63, 3.8) is 0 Å². The lowest BCUT2D eigenvalue weighted by Gasteiger charge is -2.19. The molecule has 3 nitrogen and oxygen atoms in total. The molecule has 0 saturated heterocycles. The molecule has 2 atom stereocenters. The molecule has 1 fully saturated rings. The summed E-state index contributed by atoms with van der Waals surface area (Å²) in [6.45, 7) is 6.56. The van der Waals surface area contributed by atoms with Crippen LogP contribution in [0, 0.1) is 0 Å². The largest absolute Gasteiger partial charge is 0.380 e. The highest BCUT2D eigenvalue weighted by atomic mass is 16.5. The summed E-state index contributed by atoms with van der Waals surface area (Å²) in [6.07, 6.45) is 6.05. The molecule has 1 aliphatic carbocycles. The van der Waals surface area contributed by atoms with Crippen LogP contribution in [0.15, 0.2) is 12.7 Å². The number of ether oxygens (including phenoxy) is 1. The van der Waals surface area contributed by atoms with Crippen molar-refractivity contribution in [3.05, 3.63) is 12.7 Å². The monoisotopic (exact) mass is 198 g/mol. The minimum atomic E-state index is 0.425. The van der Waals surface area contributed by atoms with Gasteiger partial charge < -0.3 is 15.4 Å². The quantitative estimate of drug-likeness (QED) is 0.471. The second-order valence-electron chi connectivity index (χ2n) is 3.76. The molecule has 0 aromatic carbocycles. The van der Waals surface area contributed by atoms with Crippen LogP contribution in [0.1, 0.15) is 19.3 Å². The maximum Gasteiger partial charge on any atom is 0.0724 e. The summed E-state index contributed by atoms with van der Waals surface area (Å²) < 4.78 is 5.40. The van der Waals surface area contributed by atoms with E-state index in [4.69, 9.17) is 4.74 Å². The van der Waals surface area contributed by atoms with E-state index in [2.05, 4.69) is 17.2 Å². The maximum atomic E-state index is 5.40. The van der Waals surface area contributed by atoms with E-state index >= 15 is 0 Å². The first-order valence-electron chi connectivity index (χ1n) is 5.46. The van der Waals surface area contributed by atoms with Gasteiger partial charge in [-0.1, -0.05) is 6.08 Å². The van der Waals surface area contributed by atoms with Crippen LogP contribution in [-0.2, 0) is 4.74 Å². The van der Waals surface area contributed by atoms with Gasteiger partial charge in [-0.25, -0.2) is 0 Å². The predicted molar refractivity (Wildman–Crippen MR) is 59.5 cm³/mol. The van der Waals surface area contributed by atoms with Gasteiger partial charge in [0, 0.05) is 32.8 Å². The Balaban J connectivity index is 2.02. The molecular formula is C11H22N2O. The van der Waals surface area contributed by atoms with Crippen molar-refractivity contribution in [3.8, 4) is 0 Å². The van der Waals surface area contributed by atoms with Gasteiger partial charge in [0.2, 0.25) is 0 Å². The van der Waals surface area contributed by atoms with E-state index in [-0.39, 0.29) is 0 Å². The molecule has 3 heteroatoms. The molecule has 0 spiro atoms. The van der Waals surface area contributed by atoms with Crippen molar-refractivity contribution in [2.45, 2.75) is 31.4 Å². The van der Waals surface area contributed by atoms with Crippen molar-refractivity contribution < 1.29 is 4.74 Å². The van der Waals surface area contributed by atoms with Crippen LogP contribution in [0.4, 0.5) is 0 Å². The number of nitrogens with one attached hydrogen (secondary N) is 2. The molecule has 0 aromatic rings. The van der Waals surface area contributed by atoms with Crippen LogP contribution in [0.25, 0.3) is 0 Å². The molecule has 82 valence electrons. The van der Waals surface area contributed by atoms with E-state index in [1.54, 1.807) is 7.11 Å². The SMILES string of the molecule is C=CCNCCNC1CCCC1OC. The lowest BCUT2D eigenvalue weighted by molar-refractivity contribution is 0.0854. The van der Waals surface area contributed by atoms with Gasteiger partial charge in [-0.05, 0) is 19.3 Å². The molecule has 0 aliphatic heterocycles. The number of hydrogen-bond donors (Lipinski definition) is 2. The summed E-state index contributed by atoms with van der Waals surface area (Å²) in [6, 6.07) is 0.561. The summed E-state index contributed by atoms with van der Waals surface area (Å²) >= 11 is 0. The Hall–Kier alpha value is -0.380. The lowest BCUT2D eigenvalue weighted by atomic mass is 10.2. The van der Waals surface area contributed by atoms with Crippen LogP contribution in [0.2, 0.25) is 0 Å². The Morgan fingerprint density at radius 2 is 2.29 bits per heavy atom. The molecule has 1 rings (SSSR count). The first kappa shape index (κ1) is 11.7. The molecule has 2 N–H and O–H groups in total. The summed E-state index contributed by atoms with van der Waals surface area (Å²) in [4.78, 5) is 0. The Morgan fingerprint density at radius 3 is 3.00 bits per heavy atom. The second-order valence-corrected chi connectivity index (χ2v) is 3.76. The highest BCUT2D eigenvalue weighted by Crippen LogP contribution is 2.20. The Labute approximate surface area is 86.9 Å². The van der Waals surface area contributed by atoms with E-state index in [1.807, 2.05) is 6.08 Å². The summed E-state index contributed by atoms with van der Waals surface area (Å²) in [5.74, 6) is 0. The maximum absolute atomic E-state index is 5.40. The second kappa shape index (κ2) is 6.98. The van der Waals surface area contributed by atoms with Crippen molar-refractivity contribution in [1.29, 1.82) is 0 Å². The number of hydrogen-bond acceptors (Lipinski definition) is 3. The highest BCUT2D eigenvalue weighted by Gasteiger charge is 2.25. The third kappa shape index (κ3) is 3.78. The fourth-order valence-corrected chi connectivity index (χ4v) is 1.99. The van der Waals surface area contributed by atoms with E-state index in [9.17, 15) is 0 Å². The van der Waals surface area contributed by atoms with Crippen molar-refractivity contribution in [1.82, 2.24) is 10.6 Å². The van der Waals surface area contributed by atoms with Crippen LogP contribution in [-0.4, -0.2) is 38.9 Å². The summed E-state index contributed by atoms with van der Waals surface area (Å²) in [5.41, 5.74) is 0. The van der Waals surface area contributed by atoms with E-state index in [0.29, 0.717) is 12.1 Å². The van der Waals surface area contributed by atoms with Crippen LogP contribution >= 0.6 is 0 Å². The Bertz CT molecular complexity index is 161. The van der Waals surface area contributed by atoms with Gasteiger partial charge in [-0.15, -0.1) is 6.58 Å². The minimum Gasteiger partial charge on any atom is -0.380 e. The van der Waals surface area contributed by atoms with Crippen molar-refractivity contribution in [2.24, 2.45) is 0 Å². The highest BCUT2D eigenvalue weighted by molar-refractivity contribution is 4.84. The molecule has 14 heavy (non-hydrogen) atoms. The van der Waals surface area contributed by atoms with Gasteiger partial charge in [-0.3, -0.25) is 0 Å². The Morgan fingerprint density at radius 1 is 1.43 bits per heavy atom. The smallest absolute Gasteiger partial charge is 0.0724 e. The van der Waals surface area contributed by atoms with Crippen LogP contribution in [0.5, 0.6) is 0 Å². The molecule has 2 unspecified atom stereocenters. The van der Waals surface area contributed by atoms with Crippen molar-refractivity contribution >= 4 is 0 Å². The number of rotatable bonds is 7. The molecule has 0 heterocycles. The van der Waals surface area contributed by atoms with Gasteiger partial charge in [0.05, 0.1) is 6.10 Å². The van der Waals surface area contributed by atoms with Crippen molar-refractivity contribution in [2.75, 3.05) is 26.7 Å². The normalized spacial score (nSPS) is 26.6. The minimum absolute atomic E-state index is 0.425. The molecule has 0 bridgehead atoms. The standard InChI is InChI=1S/C11H22N2O/c1-3-7-12-8-9-13-10-5-4-6-11(10)14-2/h3,10-13H,1,4-9H2,2H3. The molecule has 0 radical (unpaired) electrons. The van der Waals surface area contributed by atoms with E-state index in [1.165, 1.54) is 19.3 Å². The topological polar surface area (TPSA) is 33.3 Å². The fraction of sp³-hybridized carbons (Fsp3) is 0.818. The lowest BCUT2D eigenvalue weighted by Crippen LogP contribution is -2.40. The van der Waals surface area contributed by atoms with Gasteiger partial charge in [0.25, 0.3) is 0 Å². The molecule has 0 aromatic heterocycles. The fourth-order valence-electron chi connectivity index (χ4n) is 1.99. The zero-order valence-corrected chi connectivity index (χ0v) is 9.09. The van der Waals surface area contributed by atoms with Gasteiger partial charge in [-0.2, -0.15) is 0 Å². The third-order valence-electron chi connectivity index (χ3n) is 2.75. The van der Waals surface area contributed by atoms with Crippen LogP contribution in [0.3, 0.4) is 0 Å². The molecular weight excluding hydrogens is 176 g/mol. The van der Waals surface area contributed by atoms with Crippen LogP contribution < -0.4 is 10.6 Å². The summed E-state index contributed by atoms with van der Waals surface area (Å²) in [7, 11) is 1.81. The molecule has 0 amide bonds. The number of methoxy groups -OCH3 is 1. The predicted octanol–water partition coefficient (Wildman–Crippen LogP) is 0.919. The average molecular weight is 198 g/mol. The summed E-state index contributed by atoms with van der Waals surface area (Å²) in [5, 5.41) is 6.79. The Kier molecular flexibility index (Phi) is 5.83. The van der Waals surface area contributed by atoms with E-state index in [0.717, 1.165) is 19.6 Å². The first-order chi connectivity index (χ1) is 6.88. The first-order valence-corrected chi connectivity index (χ1v) is 5.46. The molecule has 1 saturated carbocycles. The zero-order valence-electron chi connectivity index (χ0n) is 9.09. The third-order valence-corrected chi connectivity index (χ3v) is 2.75. The van der Waals surface area contributed by atoms with E-state index < -0.39 is 0 Å². The van der Waals surface area contributed by atoms with Gasteiger partial charge >= 0.3 is 0 Å².